The number of nitrogens with one attached hydrogen (secondary N) is 1. The van der Waals surface area contributed by atoms with Gasteiger partial charge in [-0.2, -0.15) is 5.10 Å². The van der Waals surface area contributed by atoms with Gasteiger partial charge in [-0.3, -0.25) is 4.79 Å². The molecule has 2 heterocycles. The Hall–Kier alpha value is -1.49. The van der Waals surface area contributed by atoms with Crippen molar-refractivity contribution in [1.82, 2.24) is 15.1 Å². The summed E-state index contributed by atoms with van der Waals surface area (Å²) in [5.74, 6) is 1.24. The van der Waals surface area contributed by atoms with Crippen LogP contribution in [-0.4, -0.2) is 47.6 Å². The number of carbonyl (C=O) groups excluding carboxylic acids is 1. The van der Waals surface area contributed by atoms with Gasteiger partial charge in [-0.05, 0) is 45.5 Å². The molecule has 0 saturated carbocycles. The van der Waals surface area contributed by atoms with Crippen molar-refractivity contribution in [2.24, 2.45) is 0 Å². The molecular formula is C13H20N4O. The van der Waals surface area contributed by atoms with Crippen LogP contribution >= 0.6 is 0 Å². The average molecular weight is 248 g/mol. The highest BCUT2D eigenvalue weighted by molar-refractivity contribution is 5.79. The van der Waals surface area contributed by atoms with Gasteiger partial charge in [0.2, 0.25) is 0 Å². The van der Waals surface area contributed by atoms with E-state index >= 15 is 0 Å². The lowest BCUT2D eigenvalue weighted by atomic mass is 9.95. The number of likely N-dealkylation sites (N-methyl/N-ethyl adjacent to an activating group) is 1. The number of likely N-dealkylation sites (tertiary alicyclic amines) is 1. The summed E-state index contributed by atoms with van der Waals surface area (Å²) >= 11 is 0. The van der Waals surface area contributed by atoms with Gasteiger partial charge >= 0.3 is 0 Å². The Bertz CT molecular complexity index is 404. The lowest BCUT2D eigenvalue weighted by molar-refractivity contribution is -0.115. The fourth-order valence-electron chi connectivity index (χ4n) is 2.28. The van der Waals surface area contributed by atoms with E-state index in [1.54, 1.807) is 6.92 Å². The molecule has 2 rings (SSSR count). The van der Waals surface area contributed by atoms with Crippen LogP contribution in [0.25, 0.3) is 0 Å². The normalized spacial score (nSPS) is 20.7. The fourth-order valence-corrected chi connectivity index (χ4v) is 2.28. The minimum Gasteiger partial charge on any atom is -0.362 e. The van der Waals surface area contributed by atoms with E-state index < -0.39 is 0 Å². The van der Waals surface area contributed by atoms with Crippen molar-refractivity contribution in [3.63, 3.8) is 0 Å². The molecule has 1 aliphatic rings. The van der Waals surface area contributed by atoms with E-state index in [2.05, 4.69) is 27.5 Å². The van der Waals surface area contributed by atoms with Gasteiger partial charge in [-0.15, -0.1) is 5.10 Å². The van der Waals surface area contributed by atoms with Gasteiger partial charge in [0, 0.05) is 12.5 Å². The SMILES string of the molecule is CC(=O)CNc1ccc(C2CCCN(C)C2)nn1. The Kier molecular flexibility index (Phi) is 4.25. The van der Waals surface area contributed by atoms with Crippen molar-refractivity contribution in [3.05, 3.63) is 17.8 Å². The Morgan fingerprint density at radius 1 is 1.50 bits per heavy atom. The smallest absolute Gasteiger partial charge is 0.149 e. The first kappa shape index (κ1) is 13.0. The molecule has 98 valence electrons. The van der Waals surface area contributed by atoms with Crippen LogP contribution in [-0.2, 0) is 4.79 Å². The van der Waals surface area contributed by atoms with Crippen LogP contribution < -0.4 is 5.32 Å². The first-order valence-electron chi connectivity index (χ1n) is 6.40. The second kappa shape index (κ2) is 5.91. The summed E-state index contributed by atoms with van der Waals surface area (Å²) in [5, 5.41) is 11.3. The fraction of sp³-hybridized carbons (Fsp3) is 0.615. The van der Waals surface area contributed by atoms with E-state index in [0.717, 1.165) is 12.2 Å². The summed E-state index contributed by atoms with van der Waals surface area (Å²) in [6.45, 7) is 4.07. The number of rotatable bonds is 4. The lowest BCUT2D eigenvalue weighted by Crippen LogP contribution is -2.31. The summed E-state index contributed by atoms with van der Waals surface area (Å²) < 4.78 is 0. The third-order valence-electron chi connectivity index (χ3n) is 3.25. The van der Waals surface area contributed by atoms with Crippen molar-refractivity contribution < 1.29 is 4.79 Å². The number of piperidine rings is 1. The number of Topliss-reactive ketones (excluding diaryl/α,β-unsaturated/α-hetero) is 1. The second-order valence-corrected chi connectivity index (χ2v) is 5.00. The maximum Gasteiger partial charge on any atom is 0.149 e. The molecule has 0 spiro atoms. The summed E-state index contributed by atoms with van der Waals surface area (Å²) in [7, 11) is 2.14. The monoisotopic (exact) mass is 248 g/mol. The standard InChI is InChI=1S/C13H20N4O/c1-10(18)8-14-13-6-5-12(15-16-13)11-4-3-7-17(2)9-11/h5-6,11H,3-4,7-9H2,1-2H3,(H,14,16). The van der Waals surface area contributed by atoms with Crippen LogP contribution in [0.5, 0.6) is 0 Å². The maximum absolute atomic E-state index is 10.9. The number of anilines is 1. The molecule has 0 aromatic carbocycles. The van der Waals surface area contributed by atoms with Gasteiger partial charge < -0.3 is 10.2 Å². The minimum absolute atomic E-state index is 0.0924. The quantitative estimate of drug-likeness (QED) is 0.870. The lowest BCUT2D eigenvalue weighted by Gasteiger charge is -2.28. The molecule has 1 fully saturated rings. The molecule has 0 aliphatic carbocycles. The van der Waals surface area contributed by atoms with Crippen LogP contribution in [0.2, 0.25) is 0 Å². The minimum atomic E-state index is 0.0924. The van der Waals surface area contributed by atoms with E-state index in [9.17, 15) is 4.79 Å². The maximum atomic E-state index is 10.9. The zero-order valence-electron chi connectivity index (χ0n) is 11.0. The van der Waals surface area contributed by atoms with Gasteiger partial charge in [0.1, 0.15) is 11.6 Å². The number of ketones is 1. The summed E-state index contributed by atoms with van der Waals surface area (Å²) in [4.78, 5) is 13.2. The molecule has 1 saturated heterocycles. The van der Waals surface area contributed by atoms with Crippen molar-refractivity contribution in [2.75, 3.05) is 32.0 Å². The van der Waals surface area contributed by atoms with Crippen LogP contribution in [0.4, 0.5) is 5.82 Å². The molecule has 5 nitrogen and oxygen atoms in total. The van der Waals surface area contributed by atoms with Crippen molar-refractivity contribution in [1.29, 1.82) is 0 Å². The predicted octanol–water partition coefficient (Wildman–Crippen LogP) is 1.29. The highest BCUT2D eigenvalue weighted by atomic mass is 16.1. The Labute approximate surface area is 108 Å². The van der Waals surface area contributed by atoms with Crippen molar-refractivity contribution in [3.8, 4) is 0 Å². The molecule has 1 unspecified atom stereocenters. The highest BCUT2D eigenvalue weighted by Crippen LogP contribution is 2.24. The number of nitrogens with zero attached hydrogens (tertiary/aromatic N) is 3. The van der Waals surface area contributed by atoms with Crippen LogP contribution in [0.3, 0.4) is 0 Å². The Balaban J connectivity index is 1.96. The number of carbonyl (C=O) groups is 1. The predicted molar refractivity (Wildman–Crippen MR) is 70.7 cm³/mol. The average Bonchev–Trinajstić information content (AvgIpc) is 2.37. The van der Waals surface area contributed by atoms with Crippen LogP contribution in [0, 0.1) is 0 Å². The van der Waals surface area contributed by atoms with E-state index in [1.807, 2.05) is 12.1 Å². The highest BCUT2D eigenvalue weighted by Gasteiger charge is 2.20. The first-order chi connectivity index (χ1) is 8.65. The zero-order chi connectivity index (χ0) is 13.0. The molecule has 0 radical (unpaired) electrons. The third kappa shape index (κ3) is 3.50. The molecule has 1 atom stereocenters. The van der Waals surface area contributed by atoms with E-state index in [-0.39, 0.29) is 5.78 Å². The number of hydrogen-bond acceptors (Lipinski definition) is 5. The summed E-state index contributed by atoms with van der Waals surface area (Å²) in [6.07, 6.45) is 2.40. The molecule has 1 N–H and O–H groups in total. The van der Waals surface area contributed by atoms with E-state index in [4.69, 9.17) is 0 Å². The van der Waals surface area contributed by atoms with Crippen LogP contribution in [0.1, 0.15) is 31.4 Å². The van der Waals surface area contributed by atoms with Crippen molar-refractivity contribution >= 4 is 11.6 Å². The third-order valence-corrected chi connectivity index (χ3v) is 3.25. The van der Waals surface area contributed by atoms with E-state index in [0.29, 0.717) is 18.3 Å². The summed E-state index contributed by atoms with van der Waals surface area (Å²) in [5.41, 5.74) is 1.05. The van der Waals surface area contributed by atoms with Gasteiger partial charge in [0.05, 0.1) is 12.2 Å². The number of aromatic nitrogens is 2. The first-order valence-corrected chi connectivity index (χ1v) is 6.40. The van der Waals surface area contributed by atoms with Gasteiger partial charge in [0.15, 0.2) is 0 Å². The molecule has 1 aromatic heterocycles. The van der Waals surface area contributed by atoms with Gasteiger partial charge in [-0.1, -0.05) is 0 Å². The molecule has 0 amide bonds. The van der Waals surface area contributed by atoms with Crippen molar-refractivity contribution in [2.45, 2.75) is 25.7 Å². The zero-order valence-corrected chi connectivity index (χ0v) is 11.0. The molecule has 0 bridgehead atoms. The topological polar surface area (TPSA) is 58.1 Å². The second-order valence-electron chi connectivity index (χ2n) is 5.00. The number of hydrogen-bond donors (Lipinski definition) is 1. The molecule has 1 aromatic rings. The summed E-state index contributed by atoms with van der Waals surface area (Å²) in [6, 6.07) is 3.92. The molecule has 18 heavy (non-hydrogen) atoms. The van der Waals surface area contributed by atoms with Gasteiger partial charge in [0.25, 0.3) is 0 Å². The molecular weight excluding hydrogens is 228 g/mol. The van der Waals surface area contributed by atoms with Gasteiger partial charge in [-0.25, -0.2) is 0 Å². The van der Waals surface area contributed by atoms with E-state index in [1.165, 1.54) is 19.4 Å². The molecule has 5 heteroatoms. The van der Waals surface area contributed by atoms with Crippen LogP contribution in [0.15, 0.2) is 12.1 Å². The Morgan fingerprint density at radius 2 is 2.33 bits per heavy atom. The Morgan fingerprint density at radius 3 is 2.94 bits per heavy atom. The molecule has 1 aliphatic heterocycles. The largest absolute Gasteiger partial charge is 0.362 e.